The van der Waals surface area contributed by atoms with Crippen LogP contribution in [0, 0.1) is 11.8 Å². The van der Waals surface area contributed by atoms with Crippen molar-refractivity contribution in [2.75, 3.05) is 33.2 Å². The van der Waals surface area contributed by atoms with E-state index in [1.807, 2.05) is 0 Å². The standard InChI is InChI=1S/C15H29N3/c1-15(16,13-5-6-13)11-18-9-7-14-12(10-18)4-3-8-17(14)2/h12-14H,3-11,16H2,1-2H3. The monoisotopic (exact) mass is 251 g/mol. The quantitative estimate of drug-likeness (QED) is 0.825. The molecule has 0 bridgehead atoms. The molecule has 2 aliphatic heterocycles. The minimum Gasteiger partial charge on any atom is -0.324 e. The Labute approximate surface area is 112 Å². The van der Waals surface area contributed by atoms with Crippen LogP contribution in [0.3, 0.4) is 0 Å². The lowest BCUT2D eigenvalue weighted by atomic mass is 9.83. The number of nitrogens with zero attached hydrogens (tertiary/aromatic N) is 2. The van der Waals surface area contributed by atoms with Gasteiger partial charge < -0.3 is 15.5 Å². The van der Waals surface area contributed by atoms with Crippen molar-refractivity contribution in [3.63, 3.8) is 0 Å². The van der Waals surface area contributed by atoms with E-state index in [0.717, 1.165) is 24.4 Å². The van der Waals surface area contributed by atoms with Gasteiger partial charge in [-0.1, -0.05) is 0 Å². The van der Waals surface area contributed by atoms with Crippen molar-refractivity contribution in [3.8, 4) is 0 Å². The maximum atomic E-state index is 6.50. The van der Waals surface area contributed by atoms with Gasteiger partial charge in [0.1, 0.15) is 0 Å². The van der Waals surface area contributed by atoms with Crippen LogP contribution in [-0.2, 0) is 0 Å². The van der Waals surface area contributed by atoms with E-state index in [4.69, 9.17) is 5.73 Å². The molecule has 0 radical (unpaired) electrons. The third-order valence-corrected chi connectivity index (χ3v) is 5.50. The van der Waals surface area contributed by atoms with Crippen LogP contribution in [0.4, 0.5) is 0 Å². The van der Waals surface area contributed by atoms with Gasteiger partial charge in [0.15, 0.2) is 0 Å². The van der Waals surface area contributed by atoms with Gasteiger partial charge in [0.25, 0.3) is 0 Å². The van der Waals surface area contributed by atoms with Crippen LogP contribution < -0.4 is 5.73 Å². The Morgan fingerprint density at radius 1 is 1.17 bits per heavy atom. The minimum absolute atomic E-state index is 0.0629. The topological polar surface area (TPSA) is 32.5 Å². The van der Waals surface area contributed by atoms with Crippen LogP contribution in [0.15, 0.2) is 0 Å². The molecule has 3 fully saturated rings. The van der Waals surface area contributed by atoms with Gasteiger partial charge in [-0.15, -0.1) is 0 Å². The van der Waals surface area contributed by atoms with E-state index in [0.29, 0.717) is 0 Å². The van der Waals surface area contributed by atoms with Crippen LogP contribution in [0.2, 0.25) is 0 Å². The fraction of sp³-hybridized carbons (Fsp3) is 1.00. The lowest BCUT2D eigenvalue weighted by molar-refractivity contribution is 0.0292. The maximum Gasteiger partial charge on any atom is 0.0283 e. The number of piperidine rings is 2. The van der Waals surface area contributed by atoms with Crippen LogP contribution >= 0.6 is 0 Å². The second-order valence-corrected chi connectivity index (χ2v) is 7.25. The molecule has 1 aliphatic carbocycles. The molecule has 3 heteroatoms. The van der Waals surface area contributed by atoms with Crippen molar-refractivity contribution < 1.29 is 0 Å². The zero-order chi connectivity index (χ0) is 12.8. The Hall–Kier alpha value is -0.120. The van der Waals surface area contributed by atoms with Gasteiger partial charge in [0.2, 0.25) is 0 Å². The smallest absolute Gasteiger partial charge is 0.0283 e. The average Bonchev–Trinajstić information content (AvgIpc) is 3.12. The van der Waals surface area contributed by atoms with Crippen LogP contribution in [0.1, 0.15) is 39.0 Å². The maximum absolute atomic E-state index is 6.50. The Morgan fingerprint density at radius 3 is 2.67 bits per heavy atom. The molecule has 0 amide bonds. The number of nitrogens with two attached hydrogens (primary N) is 1. The molecule has 3 nitrogen and oxygen atoms in total. The molecular formula is C15H29N3. The van der Waals surface area contributed by atoms with E-state index >= 15 is 0 Å². The lowest BCUT2D eigenvalue weighted by Crippen LogP contribution is -2.57. The summed E-state index contributed by atoms with van der Waals surface area (Å²) in [6, 6.07) is 0.847. The summed E-state index contributed by atoms with van der Waals surface area (Å²) in [5, 5.41) is 0. The lowest BCUT2D eigenvalue weighted by Gasteiger charge is -2.47. The van der Waals surface area contributed by atoms with Crippen molar-refractivity contribution >= 4 is 0 Å². The highest BCUT2D eigenvalue weighted by atomic mass is 15.2. The Balaban J connectivity index is 1.56. The van der Waals surface area contributed by atoms with Gasteiger partial charge >= 0.3 is 0 Å². The highest BCUT2D eigenvalue weighted by Gasteiger charge is 2.41. The number of hydrogen-bond acceptors (Lipinski definition) is 3. The summed E-state index contributed by atoms with van der Waals surface area (Å²) >= 11 is 0. The first-order valence-corrected chi connectivity index (χ1v) is 7.78. The molecule has 3 rings (SSSR count). The molecule has 3 unspecified atom stereocenters. The summed E-state index contributed by atoms with van der Waals surface area (Å²) in [7, 11) is 2.31. The summed E-state index contributed by atoms with van der Waals surface area (Å²) in [5.41, 5.74) is 6.56. The fourth-order valence-electron chi connectivity index (χ4n) is 4.23. The second kappa shape index (κ2) is 4.77. The summed E-state index contributed by atoms with van der Waals surface area (Å²) in [4.78, 5) is 5.24. The van der Waals surface area contributed by atoms with Gasteiger partial charge in [-0.25, -0.2) is 0 Å². The summed E-state index contributed by atoms with van der Waals surface area (Å²) in [6.07, 6.45) is 6.87. The second-order valence-electron chi connectivity index (χ2n) is 7.25. The molecule has 3 aliphatic rings. The first-order valence-electron chi connectivity index (χ1n) is 7.78. The van der Waals surface area contributed by atoms with Gasteiger partial charge in [-0.05, 0) is 71.0 Å². The molecule has 2 saturated heterocycles. The van der Waals surface area contributed by atoms with Gasteiger partial charge in [0.05, 0.1) is 0 Å². The largest absolute Gasteiger partial charge is 0.324 e. The number of fused-ring (bicyclic) bond motifs is 1. The van der Waals surface area contributed by atoms with E-state index in [-0.39, 0.29) is 5.54 Å². The van der Waals surface area contributed by atoms with E-state index < -0.39 is 0 Å². The molecular weight excluding hydrogens is 222 g/mol. The highest BCUT2D eigenvalue weighted by molar-refractivity contribution is 4.99. The SMILES string of the molecule is CN1CCCC2CN(CC(C)(N)C3CC3)CCC21. The molecule has 3 atom stereocenters. The van der Waals surface area contributed by atoms with Crippen LogP contribution in [-0.4, -0.2) is 54.6 Å². The van der Waals surface area contributed by atoms with Gasteiger partial charge in [0, 0.05) is 24.7 Å². The molecule has 0 aromatic heterocycles. The van der Waals surface area contributed by atoms with Crippen molar-refractivity contribution in [2.45, 2.75) is 50.6 Å². The van der Waals surface area contributed by atoms with Crippen molar-refractivity contribution in [2.24, 2.45) is 17.6 Å². The first kappa shape index (κ1) is 12.9. The normalized spacial score (nSPS) is 38.2. The third kappa shape index (κ3) is 2.59. The van der Waals surface area contributed by atoms with Crippen LogP contribution in [0.5, 0.6) is 0 Å². The van der Waals surface area contributed by atoms with E-state index in [1.165, 1.54) is 51.7 Å². The molecule has 0 aromatic rings. The molecule has 18 heavy (non-hydrogen) atoms. The van der Waals surface area contributed by atoms with Crippen molar-refractivity contribution in [1.82, 2.24) is 9.80 Å². The number of hydrogen-bond donors (Lipinski definition) is 1. The molecule has 1 saturated carbocycles. The van der Waals surface area contributed by atoms with Gasteiger partial charge in [-0.3, -0.25) is 0 Å². The molecule has 0 spiro atoms. The van der Waals surface area contributed by atoms with E-state index in [9.17, 15) is 0 Å². The van der Waals surface area contributed by atoms with E-state index in [1.54, 1.807) is 0 Å². The highest BCUT2D eigenvalue weighted by Crippen LogP contribution is 2.39. The summed E-state index contributed by atoms with van der Waals surface area (Å²) in [6.45, 7) is 7.23. The van der Waals surface area contributed by atoms with Crippen molar-refractivity contribution in [3.05, 3.63) is 0 Å². The molecule has 2 N–H and O–H groups in total. The van der Waals surface area contributed by atoms with E-state index in [2.05, 4.69) is 23.8 Å². The Kier molecular flexibility index (Phi) is 3.41. The Bertz CT molecular complexity index is 298. The molecule has 2 heterocycles. The molecule has 0 aromatic carbocycles. The third-order valence-electron chi connectivity index (χ3n) is 5.50. The Morgan fingerprint density at radius 2 is 1.94 bits per heavy atom. The van der Waals surface area contributed by atoms with Crippen molar-refractivity contribution in [1.29, 1.82) is 0 Å². The number of likely N-dealkylation sites (tertiary alicyclic amines) is 2. The predicted octanol–water partition coefficient (Wildman–Crippen LogP) is 1.53. The first-order chi connectivity index (χ1) is 8.56. The predicted molar refractivity (Wildman–Crippen MR) is 75.5 cm³/mol. The zero-order valence-corrected chi connectivity index (χ0v) is 12.1. The molecule has 104 valence electrons. The van der Waals surface area contributed by atoms with Gasteiger partial charge in [-0.2, -0.15) is 0 Å². The number of rotatable bonds is 3. The van der Waals surface area contributed by atoms with Crippen LogP contribution in [0.25, 0.3) is 0 Å². The zero-order valence-electron chi connectivity index (χ0n) is 12.1. The fourth-order valence-corrected chi connectivity index (χ4v) is 4.23. The summed E-state index contributed by atoms with van der Waals surface area (Å²) in [5.74, 6) is 1.69. The minimum atomic E-state index is 0.0629. The average molecular weight is 251 g/mol. The summed E-state index contributed by atoms with van der Waals surface area (Å²) < 4.78 is 0.